The van der Waals surface area contributed by atoms with Gasteiger partial charge in [0.15, 0.2) is 5.69 Å². The monoisotopic (exact) mass is 316 g/mol. The number of aryl methyl sites for hydroxylation is 1. The van der Waals surface area contributed by atoms with Crippen LogP contribution in [0.4, 0.5) is 13.2 Å². The summed E-state index contributed by atoms with van der Waals surface area (Å²) in [5.41, 5.74) is 1.54. The number of benzene rings is 2. The standard InChI is InChI=1S/C16H11F3N4/c1-23-15(16(17,18)19)14-10(5-3-7-13(14)22-23)9-4-2-6-12-11(9)8-20-21-12/h2-8H,1H3,(H,20,21). The van der Waals surface area contributed by atoms with Crippen LogP contribution in [0.2, 0.25) is 0 Å². The fourth-order valence-corrected chi connectivity index (χ4v) is 3.00. The van der Waals surface area contributed by atoms with Gasteiger partial charge < -0.3 is 0 Å². The van der Waals surface area contributed by atoms with E-state index in [4.69, 9.17) is 0 Å². The van der Waals surface area contributed by atoms with Gasteiger partial charge in [-0.3, -0.25) is 9.78 Å². The van der Waals surface area contributed by atoms with E-state index in [1.54, 1.807) is 36.5 Å². The fraction of sp³-hybridized carbons (Fsp3) is 0.125. The van der Waals surface area contributed by atoms with Gasteiger partial charge in [0.25, 0.3) is 0 Å². The number of nitrogens with zero attached hydrogens (tertiary/aromatic N) is 3. The third kappa shape index (κ3) is 2.00. The molecule has 1 N–H and O–H groups in total. The van der Waals surface area contributed by atoms with Crippen molar-refractivity contribution in [1.82, 2.24) is 20.0 Å². The molecule has 0 aliphatic carbocycles. The van der Waals surface area contributed by atoms with E-state index in [9.17, 15) is 13.2 Å². The number of rotatable bonds is 1. The van der Waals surface area contributed by atoms with Crippen molar-refractivity contribution in [3.05, 3.63) is 48.3 Å². The Labute approximate surface area is 128 Å². The van der Waals surface area contributed by atoms with Gasteiger partial charge in [-0.2, -0.15) is 23.4 Å². The van der Waals surface area contributed by atoms with E-state index >= 15 is 0 Å². The highest BCUT2D eigenvalue weighted by molar-refractivity contribution is 6.04. The van der Waals surface area contributed by atoms with Crippen molar-refractivity contribution in [2.45, 2.75) is 6.18 Å². The number of nitrogens with one attached hydrogen (secondary N) is 1. The first-order valence-electron chi connectivity index (χ1n) is 6.92. The molecular weight excluding hydrogens is 305 g/mol. The van der Waals surface area contributed by atoms with Crippen molar-refractivity contribution >= 4 is 21.8 Å². The molecule has 0 saturated carbocycles. The zero-order chi connectivity index (χ0) is 16.2. The predicted molar refractivity (Wildman–Crippen MR) is 80.8 cm³/mol. The van der Waals surface area contributed by atoms with Crippen LogP contribution < -0.4 is 0 Å². The van der Waals surface area contributed by atoms with Crippen LogP contribution in [0.1, 0.15) is 5.69 Å². The summed E-state index contributed by atoms with van der Waals surface area (Å²) in [6.45, 7) is 0. The molecule has 0 unspecified atom stereocenters. The molecule has 2 aromatic carbocycles. The number of hydrogen-bond acceptors (Lipinski definition) is 2. The van der Waals surface area contributed by atoms with Crippen LogP contribution in [0.15, 0.2) is 42.6 Å². The number of aromatic amines is 1. The van der Waals surface area contributed by atoms with Crippen LogP contribution in [-0.2, 0) is 13.2 Å². The summed E-state index contributed by atoms with van der Waals surface area (Å²) >= 11 is 0. The van der Waals surface area contributed by atoms with Gasteiger partial charge in [0.05, 0.1) is 17.2 Å². The number of H-pyrrole nitrogens is 1. The molecule has 7 heteroatoms. The van der Waals surface area contributed by atoms with Gasteiger partial charge in [0, 0.05) is 17.8 Å². The predicted octanol–water partition coefficient (Wildman–Crippen LogP) is 4.14. The molecule has 0 radical (unpaired) electrons. The maximum Gasteiger partial charge on any atom is 0.433 e. The van der Waals surface area contributed by atoms with Gasteiger partial charge in [-0.1, -0.05) is 24.3 Å². The molecule has 0 fully saturated rings. The average Bonchev–Trinajstić information content (AvgIpc) is 3.08. The molecule has 116 valence electrons. The Morgan fingerprint density at radius 2 is 1.78 bits per heavy atom. The van der Waals surface area contributed by atoms with Gasteiger partial charge >= 0.3 is 6.18 Å². The van der Waals surface area contributed by atoms with Crippen molar-refractivity contribution in [2.24, 2.45) is 7.05 Å². The van der Waals surface area contributed by atoms with Crippen LogP contribution in [0, 0.1) is 0 Å². The highest BCUT2D eigenvalue weighted by atomic mass is 19.4. The Hall–Kier alpha value is -2.83. The molecule has 0 spiro atoms. The SMILES string of the molecule is Cn1nc2cccc(-c3cccc4[nH]ncc34)c2c1C(F)(F)F. The summed E-state index contributed by atoms with van der Waals surface area (Å²) in [6, 6.07) is 10.4. The summed E-state index contributed by atoms with van der Waals surface area (Å²) in [7, 11) is 1.31. The Balaban J connectivity index is 2.14. The minimum absolute atomic E-state index is 0.108. The molecule has 0 amide bonds. The van der Waals surface area contributed by atoms with E-state index in [-0.39, 0.29) is 5.39 Å². The molecule has 0 aliphatic rings. The Bertz CT molecular complexity index is 1030. The normalized spacial score (nSPS) is 12.3. The van der Waals surface area contributed by atoms with Crippen LogP contribution in [0.3, 0.4) is 0 Å². The summed E-state index contributed by atoms with van der Waals surface area (Å²) in [4.78, 5) is 0. The average molecular weight is 316 g/mol. The molecule has 2 aromatic heterocycles. The zero-order valence-corrected chi connectivity index (χ0v) is 12.0. The second-order valence-electron chi connectivity index (χ2n) is 5.31. The third-order valence-corrected chi connectivity index (χ3v) is 3.90. The summed E-state index contributed by atoms with van der Waals surface area (Å²) < 4.78 is 41.3. The maximum atomic E-state index is 13.5. The molecular formula is C16H11F3N4. The van der Waals surface area contributed by atoms with Gasteiger partial charge in [-0.15, -0.1) is 0 Å². The van der Waals surface area contributed by atoms with E-state index in [0.29, 0.717) is 16.6 Å². The van der Waals surface area contributed by atoms with E-state index in [2.05, 4.69) is 15.3 Å². The van der Waals surface area contributed by atoms with Gasteiger partial charge in [-0.25, -0.2) is 0 Å². The van der Waals surface area contributed by atoms with E-state index in [0.717, 1.165) is 15.6 Å². The minimum Gasteiger partial charge on any atom is -0.278 e. The minimum atomic E-state index is -4.48. The van der Waals surface area contributed by atoms with E-state index in [1.807, 2.05) is 6.07 Å². The molecule has 23 heavy (non-hydrogen) atoms. The second-order valence-corrected chi connectivity index (χ2v) is 5.31. The first-order valence-corrected chi connectivity index (χ1v) is 6.92. The van der Waals surface area contributed by atoms with E-state index in [1.165, 1.54) is 7.05 Å². The number of halogens is 3. The van der Waals surface area contributed by atoms with Gasteiger partial charge in [-0.05, 0) is 23.3 Å². The van der Waals surface area contributed by atoms with Gasteiger partial charge in [0.1, 0.15) is 0 Å². The van der Waals surface area contributed by atoms with Crippen molar-refractivity contribution in [3.8, 4) is 11.1 Å². The molecule has 0 saturated heterocycles. The highest BCUT2D eigenvalue weighted by Crippen LogP contribution is 2.40. The largest absolute Gasteiger partial charge is 0.433 e. The van der Waals surface area contributed by atoms with Crippen LogP contribution in [0.5, 0.6) is 0 Å². The fourth-order valence-electron chi connectivity index (χ4n) is 3.00. The van der Waals surface area contributed by atoms with Crippen molar-refractivity contribution in [3.63, 3.8) is 0 Å². The van der Waals surface area contributed by atoms with E-state index < -0.39 is 11.9 Å². The second kappa shape index (κ2) is 4.58. The Morgan fingerprint density at radius 3 is 2.57 bits per heavy atom. The Morgan fingerprint density at radius 1 is 1.04 bits per heavy atom. The zero-order valence-electron chi connectivity index (χ0n) is 12.0. The summed E-state index contributed by atoms with van der Waals surface area (Å²) in [5, 5.41) is 11.7. The number of alkyl halides is 3. The smallest absolute Gasteiger partial charge is 0.278 e. The number of aromatic nitrogens is 4. The number of fused-ring (bicyclic) bond motifs is 2. The first kappa shape index (κ1) is 13.8. The lowest BCUT2D eigenvalue weighted by Gasteiger charge is -2.10. The first-order chi connectivity index (χ1) is 11.0. The molecule has 2 heterocycles. The van der Waals surface area contributed by atoms with Crippen molar-refractivity contribution in [1.29, 1.82) is 0 Å². The Kier molecular flexibility index (Phi) is 2.75. The third-order valence-electron chi connectivity index (χ3n) is 3.90. The summed E-state index contributed by atoms with van der Waals surface area (Å²) in [6.07, 6.45) is -2.86. The molecule has 0 atom stereocenters. The lowest BCUT2D eigenvalue weighted by Crippen LogP contribution is -2.12. The van der Waals surface area contributed by atoms with Crippen LogP contribution in [0.25, 0.3) is 32.9 Å². The molecule has 0 bridgehead atoms. The topological polar surface area (TPSA) is 46.5 Å². The number of hydrogen-bond donors (Lipinski definition) is 1. The van der Waals surface area contributed by atoms with Crippen molar-refractivity contribution in [2.75, 3.05) is 0 Å². The quantitative estimate of drug-likeness (QED) is 0.574. The lowest BCUT2D eigenvalue weighted by atomic mass is 9.97. The van der Waals surface area contributed by atoms with Crippen LogP contribution in [-0.4, -0.2) is 20.0 Å². The summed E-state index contributed by atoms with van der Waals surface area (Å²) in [5.74, 6) is 0. The van der Waals surface area contributed by atoms with Crippen LogP contribution >= 0.6 is 0 Å². The molecule has 4 aromatic rings. The highest BCUT2D eigenvalue weighted by Gasteiger charge is 2.38. The molecule has 4 nitrogen and oxygen atoms in total. The molecule has 0 aliphatic heterocycles. The lowest BCUT2D eigenvalue weighted by molar-refractivity contribution is -0.142. The van der Waals surface area contributed by atoms with Gasteiger partial charge in [0.2, 0.25) is 0 Å². The molecule has 4 rings (SSSR count). The maximum absolute atomic E-state index is 13.5. The van der Waals surface area contributed by atoms with Crippen molar-refractivity contribution < 1.29 is 13.2 Å².